The first kappa shape index (κ1) is 20.3. The van der Waals surface area contributed by atoms with Gasteiger partial charge in [0.1, 0.15) is 17.8 Å². The standard InChI is InChI=1S/C19H22N4O6/c1-4-19(5-2)17(25)23(18(26)21-19)10-15(24)28-11-14-20-16(29-22-14)12-6-8-13(27-3)9-7-12/h6-9H,4-5,10-11H2,1-3H3,(H,21,26). The largest absolute Gasteiger partial charge is 0.497 e. The van der Waals surface area contributed by atoms with Gasteiger partial charge in [0.15, 0.2) is 6.61 Å². The molecule has 0 saturated carbocycles. The van der Waals surface area contributed by atoms with Gasteiger partial charge in [-0.15, -0.1) is 0 Å². The third kappa shape index (κ3) is 4.05. The van der Waals surface area contributed by atoms with Crippen molar-refractivity contribution < 1.29 is 28.4 Å². The third-order valence-corrected chi connectivity index (χ3v) is 4.91. The Labute approximate surface area is 167 Å². The van der Waals surface area contributed by atoms with Crippen molar-refractivity contribution in [3.05, 3.63) is 30.1 Å². The minimum atomic E-state index is -0.960. The van der Waals surface area contributed by atoms with E-state index in [2.05, 4.69) is 15.5 Å². The molecule has 0 radical (unpaired) electrons. The van der Waals surface area contributed by atoms with Gasteiger partial charge in [-0.3, -0.25) is 14.5 Å². The molecule has 2 heterocycles. The van der Waals surface area contributed by atoms with Crippen LogP contribution in [0.25, 0.3) is 11.5 Å². The lowest BCUT2D eigenvalue weighted by Gasteiger charge is -2.22. The summed E-state index contributed by atoms with van der Waals surface area (Å²) in [6, 6.07) is 6.42. The molecule has 2 aromatic rings. The Morgan fingerprint density at radius 2 is 1.90 bits per heavy atom. The van der Waals surface area contributed by atoms with Crippen LogP contribution in [0.4, 0.5) is 4.79 Å². The number of hydrogen-bond acceptors (Lipinski definition) is 8. The molecule has 10 nitrogen and oxygen atoms in total. The summed E-state index contributed by atoms with van der Waals surface area (Å²) in [5.41, 5.74) is -0.274. The number of carbonyl (C=O) groups is 3. The summed E-state index contributed by atoms with van der Waals surface area (Å²) in [4.78, 5) is 41.7. The number of hydrogen-bond donors (Lipinski definition) is 1. The predicted molar refractivity (Wildman–Crippen MR) is 99.6 cm³/mol. The smallest absolute Gasteiger partial charge is 0.326 e. The van der Waals surface area contributed by atoms with E-state index in [-0.39, 0.29) is 18.3 Å². The maximum absolute atomic E-state index is 12.5. The van der Waals surface area contributed by atoms with Crippen molar-refractivity contribution in [2.75, 3.05) is 13.7 Å². The zero-order valence-corrected chi connectivity index (χ0v) is 16.4. The first-order valence-electron chi connectivity index (χ1n) is 9.19. The minimum absolute atomic E-state index is 0.165. The lowest BCUT2D eigenvalue weighted by Crippen LogP contribution is -2.46. The van der Waals surface area contributed by atoms with Gasteiger partial charge in [0, 0.05) is 5.56 Å². The number of imide groups is 1. The molecular formula is C19H22N4O6. The molecule has 0 atom stereocenters. The molecule has 0 spiro atoms. The zero-order valence-electron chi connectivity index (χ0n) is 16.4. The maximum atomic E-state index is 12.5. The number of nitrogens with zero attached hydrogens (tertiary/aromatic N) is 3. The third-order valence-electron chi connectivity index (χ3n) is 4.91. The van der Waals surface area contributed by atoms with E-state index in [1.165, 1.54) is 0 Å². The first-order valence-corrected chi connectivity index (χ1v) is 9.19. The van der Waals surface area contributed by atoms with Gasteiger partial charge in [0.05, 0.1) is 7.11 Å². The fourth-order valence-corrected chi connectivity index (χ4v) is 3.03. The van der Waals surface area contributed by atoms with Gasteiger partial charge in [-0.25, -0.2) is 4.79 Å². The second-order valence-electron chi connectivity index (χ2n) is 6.52. The monoisotopic (exact) mass is 402 g/mol. The van der Waals surface area contributed by atoms with Gasteiger partial charge in [-0.2, -0.15) is 4.98 Å². The quantitative estimate of drug-likeness (QED) is 0.524. The molecule has 1 aliphatic heterocycles. The molecule has 1 aromatic heterocycles. The van der Waals surface area contributed by atoms with Crippen molar-refractivity contribution in [3.63, 3.8) is 0 Å². The molecule has 1 aromatic carbocycles. The fourth-order valence-electron chi connectivity index (χ4n) is 3.03. The Hall–Kier alpha value is -3.43. The van der Waals surface area contributed by atoms with E-state index < -0.39 is 30.0 Å². The minimum Gasteiger partial charge on any atom is -0.497 e. The van der Waals surface area contributed by atoms with Crippen LogP contribution in [0.15, 0.2) is 28.8 Å². The molecule has 10 heteroatoms. The van der Waals surface area contributed by atoms with Crippen LogP contribution >= 0.6 is 0 Å². The number of methoxy groups -OCH3 is 1. The van der Waals surface area contributed by atoms with Gasteiger partial charge < -0.3 is 19.3 Å². The highest BCUT2D eigenvalue weighted by Crippen LogP contribution is 2.25. The van der Waals surface area contributed by atoms with Crippen molar-refractivity contribution in [2.45, 2.75) is 38.8 Å². The number of esters is 1. The Morgan fingerprint density at radius 1 is 1.21 bits per heavy atom. The van der Waals surface area contributed by atoms with Crippen LogP contribution in [0.2, 0.25) is 0 Å². The van der Waals surface area contributed by atoms with Gasteiger partial charge in [-0.05, 0) is 37.1 Å². The predicted octanol–water partition coefficient (Wildman–Crippen LogP) is 1.90. The number of nitrogens with one attached hydrogen (secondary N) is 1. The highest BCUT2D eigenvalue weighted by Gasteiger charge is 2.49. The van der Waals surface area contributed by atoms with Gasteiger partial charge in [0.2, 0.25) is 5.82 Å². The molecule has 154 valence electrons. The van der Waals surface area contributed by atoms with Crippen LogP contribution in [0.3, 0.4) is 0 Å². The van der Waals surface area contributed by atoms with Gasteiger partial charge in [0.25, 0.3) is 11.8 Å². The zero-order chi connectivity index (χ0) is 21.0. The van der Waals surface area contributed by atoms with Crippen LogP contribution in [-0.4, -0.2) is 52.1 Å². The molecule has 0 unspecified atom stereocenters. The van der Waals surface area contributed by atoms with E-state index in [0.717, 1.165) is 4.90 Å². The van der Waals surface area contributed by atoms with Crippen molar-refractivity contribution in [1.29, 1.82) is 0 Å². The van der Waals surface area contributed by atoms with E-state index in [1.54, 1.807) is 45.2 Å². The van der Waals surface area contributed by atoms with Crippen LogP contribution in [0, 0.1) is 0 Å². The topological polar surface area (TPSA) is 124 Å². The summed E-state index contributed by atoms with van der Waals surface area (Å²) >= 11 is 0. The number of carbonyl (C=O) groups excluding carboxylic acids is 3. The second-order valence-corrected chi connectivity index (χ2v) is 6.52. The summed E-state index contributed by atoms with van der Waals surface area (Å²) in [6.45, 7) is 2.89. The molecule has 3 rings (SSSR count). The molecule has 0 bridgehead atoms. The van der Waals surface area contributed by atoms with E-state index >= 15 is 0 Å². The van der Waals surface area contributed by atoms with Crippen molar-refractivity contribution in [1.82, 2.24) is 20.4 Å². The maximum Gasteiger partial charge on any atom is 0.326 e. The Balaban J connectivity index is 1.57. The highest BCUT2D eigenvalue weighted by molar-refractivity contribution is 6.08. The summed E-state index contributed by atoms with van der Waals surface area (Å²) in [5.74, 6) is -0.0440. The van der Waals surface area contributed by atoms with Gasteiger partial charge >= 0.3 is 12.0 Å². The molecule has 3 amide bonds. The average molecular weight is 402 g/mol. The molecular weight excluding hydrogens is 380 g/mol. The second kappa shape index (κ2) is 8.29. The number of rotatable bonds is 8. The van der Waals surface area contributed by atoms with Crippen molar-refractivity contribution in [2.24, 2.45) is 0 Å². The molecule has 1 saturated heterocycles. The first-order chi connectivity index (χ1) is 13.9. The molecule has 29 heavy (non-hydrogen) atoms. The van der Waals surface area contributed by atoms with Crippen LogP contribution in [0.1, 0.15) is 32.5 Å². The number of benzene rings is 1. The summed E-state index contributed by atoms with van der Waals surface area (Å²) in [7, 11) is 1.57. The molecule has 1 N–H and O–H groups in total. The Kier molecular flexibility index (Phi) is 5.81. The SMILES string of the molecule is CCC1(CC)NC(=O)N(CC(=O)OCc2noc(-c3ccc(OC)cc3)n2)C1=O. The molecule has 0 aliphatic carbocycles. The lowest BCUT2D eigenvalue weighted by molar-refractivity contribution is -0.149. The van der Waals surface area contributed by atoms with Crippen LogP contribution in [-0.2, 0) is 20.9 Å². The van der Waals surface area contributed by atoms with E-state index in [4.69, 9.17) is 14.0 Å². The number of amides is 3. The van der Waals surface area contributed by atoms with Crippen molar-refractivity contribution >= 4 is 17.9 Å². The number of urea groups is 1. The fraction of sp³-hybridized carbons (Fsp3) is 0.421. The Bertz CT molecular complexity index is 904. The highest BCUT2D eigenvalue weighted by atomic mass is 16.5. The average Bonchev–Trinajstić information content (AvgIpc) is 3.31. The van der Waals surface area contributed by atoms with E-state index in [1.807, 2.05) is 0 Å². The lowest BCUT2D eigenvalue weighted by atomic mass is 9.93. The van der Waals surface area contributed by atoms with E-state index in [0.29, 0.717) is 24.2 Å². The van der Waals surface area contributed by atoms with Crippen LogP contribution < -0.4 is 10.1 Å². The van der Waals surface area contributed by atoms with Crippen LogP contribution in [0.5, 0.6) is 5.75 Å². The van der Waals surface area contributed by atoms with Gasteiger partial charge in [-0.1, -0.05) is 19.0 Å². The molecule has 1 aliphatic rings. The van der Waals surface area contributed by atoms with Crippen molar-refractivity contribution in [3.8, 4) is 17.2 Å². The number of ether oxygens (including phenoxy) is 2. The summed E-state index contributed by atoms with van der Waals surface area (Å²) in [6.07, 6.45) is 0.882. The summed E-state index contributed by atoms with van der Waals surface area (Å²) < 4.78 is 15.3. The van der Waals surface area contributed by atoms with E-state index in [9.17, 15) is 14.4 Å². The Morgan fingerprint density at radius 3 is 2.48 bits per heavy atom. The normalized spacial score (nSPS) is 15.3. The molecule has 1 fully saturated rings. The summed E-state index contributed by atoms with van der Waals surface area (Å²) in [5, 5.41) is 6.42. The number of aromatic nitrogens is 2.